The van der Waals surface area contributed by atoms with E-state index in [-0.39, 0.29) is 21.7 Å². The van der Waals surface area contributed by atoms with Crippen LogP contribution in [-0.4, -0.2) is 19.9 Å². The number of aromatic amines is 1. The van der Waals surface area contributed by atoms with Crippen molar-refractivity contribution >= 4 is 1010 Å². The van der Waals surface area contributed by atoms with Crippen LogP contribution in [0.25, 0.3) is 22.4 Å². The second-order valence-corrected chi connectivity index (χ2v) is 213. The molecular formula is C24H32N4S112. The van der Waals surface area contributed by atoms with Crippen molar-refractivity contribution in [3.63, 3.8) is 0 Å². The fraction of sp³-hybridized carbons (Fsp3) is 0.542. The molecule has 0 saturated heterocycles. The van der Waals surface area contributed by atoms with Gasteiger partial charge in [0.25, 0.3) is 0 Å². The zero-order valence-corrected chi connectivity index (χ0v) is 156. The summed E-state index contributed by atoms with van der Waals surface area (Å²) in [5.41, 5.74) is 6.10. The Hall–Kier alpha value is 22.4. The maximum absolute atomic E-state index is 4.88. The minimum atomic E-state index is -0.0584. The molecule has 0 bridgehead atoms. The van der Waals surface area contributed by atoms with Crippen molar-refractivity contribution in [1.29, 1.82) is 0 Å². The van der Waals surface area contributed by atoms with Crippen LogP contribution in [0.5, 0.6) is 0 Å². The number of imidazole rings is 1. The quantitative estimate of drug-likeness (QED) is 0.343. The van der Waals surface area contributed by atoms with Crippen molar-refractivity contribution < 1.29 is 0 Å². The number of hydrogen-bond acceptors (Lipinski definition) is 5. The fourth-order valence-corrected chi connectivity index (χ4v) is 302. The molecule has 4 rings (SSSR count). The van der Waals surface area contributed by atoms with Gasteiger partial charge in [0.15, 0.2) is 0 Å². The fourth-order valence-electron chi connectivity index (χ4n) is 5.74. The molecule has 1 N–H and O–H groups in total. The number of nitrogens with zero attached hydrogens (tertiary/aromatic N) is 3. The third-order valence-corrected chi connectivity index (χ3v) is 253. The lowest BCUT2D eigenvalue weighted by Crippen LogP contribution is -2.42. The summed E-state index contributed by atoms with van der Waals surface area (Å²) in [6.07, 6.45) is 3.74. The summed E-state index contributed by atoms with van der Waals surface area (Å²) < 4.78 is 0. The minimum Gasteiger partial charge on any atom is -0.338 e. The molecule has 0 amide bonds. The summed E-state index contributed by atoms with van der Waals surface area (Å²) in [5, 5.41) is 0. The molecule has 2 heterocycles. The first-order valence-electron chi connectivity index (χ1n) is 28.6. The standard InChI is InChI=1S/C24H32N4.S112/c1-21(2,3)20-25-12-14(13-26-20)19-27-17-10-15-16(11-18(17)28-19)23(6,7)24(8,9)22(15,4)5;1-3-5-7-9-11-13-15-17-19-21-23-25-27-29-31-33-35-37-39-41-43-45-47-49-51-53-55-57-59-61-63-65-67-69-71-73-75-77-79-81-83-85-87-89-91-93-95-97-99-101-103-105-107-109-111-112-110-108-106-104-102-100-98-96-94-92-90-88-86-84-82-80-78-76-74-72-70-68-66-64-62-60-58-56-54-52-50-48-46-44-42-40-38-36-34-32-30-28-26-24-22-20-18-16-14-12-10-8-6-4-2/h10-13H,1-9H3,(H,27,28);. The Balaban J connectivity index is 0.00000151. The zero-order valence-electron chi connectivity index (χ0n) is 64.4. The van der Waals surface area contributed by atoms with E-state index in [9.17, 15) is 0 Å². The first-order chi connectivity index (χ1) is 68.7. The normalized spacial score (nSPS) is 10.3. The van der Waals surface area contributed by atoms with E-state index in [1.54, 1.807) is 107 Å². The molecule has 2 aromatic heterocycles. The Morgan fingerprint density at radius 2 is 0.329 bits per heavy atom. The predicted octanol–water partition coefficient (Wildman–Crippen LogP) is 5.64. The summed E-state index contributed by atoms with van der Waals surface area (Å²) in [4.78, 5) is 17.5. The van der Waals surface area contributed by atoms with Crippen molar-refractivity contribution in [2.45, 2.75) is 78.6 Å². The zero-order chi connectivity index (χ0) is 100. The van der Waals surface area contributed by atoms with Crippen molar-refractivity contribution in [2.24, 2.45) is 5.41 Å². The highest BCUT2D eigenvalue weighted by atomic mass is 33.6. The molecule has 3 aromatic rings. The number of benzene rings is 1. The smallest absolute Gasteiger partial charge is 0.141 e. The van der Waals surface area contributed by atoms with Gasteiger partial charge in [-0.1, -0.05) is 62.3 Å². The molecule has 0 fully saturated rings. The van der Waals surface area contributed by atoms with Crippen LogP contribution in [0.3, 0.4) is 0 Å². The van der Waals surface area contributed by atoms with Gasteiger partial charge in [0.05, 0.1) is 16.6 Å². The average Bonchev–Trinajstić information content (AvgIpc) is 1.53. The topological polar surface area (TPSA) is 54.5 Å². The van der Waals surface area contributed by atoms with Gasteiger partial charge in [0, 0.05) is 1020 Å². The molecule has 820 valence electrons. The van der Waals surface area contributed by atoms with E-state index < -0.39 is 0 Å². The van der Waals surface area contributed by atoms with Crippen molar-refractivity contribution in [3.8, 4) is 11.4 Å². The number of nitrogens with one attached hydrogen (secondary N) is 1. The minimum absolute atomic E-state index is 0.0584. The summed E-state index contributed by atoms with van der Waals surface area (Å²) in [7, 11) is 199. The van der Waals surface area contributed by atoms with E-state index in [2.05, 4.69) is 89.4 Å². The third kappa shape index (κ3) is 96.6. The Bertz CT molecular complexity index is 10300. The predicted molar refractivity (Wildman–Crippen MR) is 941 cm³/mol. The van der Waals surface area contributed by atoms with E-state index in [4.69, 9.17) is 27.4 Å². The number of hydrogen-bond donors (Lipinski definition) is 1. The molecule has 0 atom stereocenters. The second-order valence-electron chi connectivity index (χ2n) is 18.4. The van der Waals surface area contributed by atoms with Gasteiger partial charge < -0.3 is 4.98 Å². The van der Waals surface area contributed by atoms with Crippen LogP contribution in [-0.2, 0) is 1020 Å². The van der Waals surface area contributed by atoms with Gasteiger partial charge in [0.1, 0.15) is 11.6 Å². The lowest BCUT2D eigenvalue weighted by Gasteiger charge is -2.44. The highest BCUT2D eigenvalue weighted by molar-refractivity contribution is 8.88. The van der Waals surface area contributed by atoms with Crippen LogP contribution < -0.4 is 0 Å². The maximum Gasteiger partial charge on any atom is 0.141 e. The molecular weight excluding hydrogens is 3940 g/mol. The van der Waals surface area contributed by atoms with Crippen molar-refractivity contribution in [2.75, 3.05) is 0 Å². The Labute approximate surface area is 1130 Å². The van der Waals surface area contributed by atoms with Gasteiger partial charge in [-0.15, -0.1) is 0 Å². The van der Waals surface area contributed by atoms with Crippen molar-refractivity contribution in [3.05, 3.63) is 41.5 Å². The SMILES string of the molecule is CC(C)(C)c1ncc(-c2nc3cc4c(cc3[nH]2)C(C)(C)C(C)(C)C4(C)C)cn1.S=S=S=S=S=S=S=S=S=S=S=S=S=S=S=S=S=S=S=S=S=S=S=S=S=S=S=S=S=S=S=S=S=S=S=S=S=S=S=S=S=S=S=S=S=S=S=S=S=S=S=S=S=S=S=S=S=S=S=S=S=S=S=S=S=S=S=S=S=S=S=S=S=S=S=S=S=S=S=S=S=S=S=S=S=S=S=S=S=S=S=S=S=S=S=S=S=S=S=S=S=S=S=S=S=S=S=S=S=S=S=S. The van der Waals surface area contributed by atoms with Crippen LogP contribution in [0.4, 0.5) is 0 Å². The maximum atomic E-state index is 4.88. The first kappa shape index (κ1) is 157. The number of fused-ring (bicyclic) bond motifs is 2. The summed E-state index contributed by atoms with van der Waals surface area (Å²) >= 11 is 9.67. The Kier molecular flexibility index (Phi) is 135. The molecule has 0 aliphatic heterocycles. The molecule has 1 aliphatic carbocycles. The van der Waals surface area contributed by atoms with E-state index in [0.29, 0.717) is 0 Å². The van der Waals surface area contributed by atoms with Gasteiger partial charge in [0.2, 0.25) is 0 Å². The highest BCUT2D eigenvalue weighted by Crippen LogP contribution is 2.61. The Morgan fingerprint density at radius 1 is 0.200 bits per heavy atom. The van der Waals surface area contributed by atoms with E-state index in [0.717, 1.165) is 28.2 Å². The molecule has 4 nitrogen and oxygen atoms in total. The third-order valence-electron chi connectivity index (χ3n) is 10.7. The van der Waals surface area contributed by atoms with E-state index in [1.807, 2.05) is 865 Å². The summed E-state index contributed by atoms with van der Waals surface area (Å²) in [6, 6.07) is 4.59. The first-order valence-corrected chi connectivity index (χ1v) is 177. The summed E-state index contributed by atoms with van der Waals surface area (Å²) in [5.74, 6) is 1.67. The molecule has 0 radical (unpaired) electrons. The highest BCUT2D eigenvalue weighted by Gasteiger charge is 2.57. The van der Waals surface area contributed by atoms with E-state index >= 15 is 0 Å². The Morgan fingerprint density at radius 3 is 0.457 bits per heavy atom. The number of aromatic nitrogens is 4. The second kappa shape index (κ2) is 121. The van der Waals surface area contributed by atoms with Gasteiger partial charge in [-0.05, 0) is 39.5 Å². The lowest BCUT2D eigenvalue weighted by molar-refractivity contribution is 0.125. The molecule has 1 aromatic carbocycles. The largest absolute Gasteiger partial charge is 0.338 e. The molecule has 0 saturated carbocycles. The van der Waals surface area contributed by atoms with Crippen LogP contribution in [0, 0.1) is 5.41 Å². The van der Waals surface area contributed by atoms with Gasteiger partial charge in [-0.2, -0.15) is 0 Å². The molecule has 1 aliphatic rings. The number of H-pyrrole nitrogens is 1. The van der Waals surface area contributed by atoms with Gasteiger partial charge >= 0.3 is 0 Å². The van der Waals surface area contributed by atoms with Gasteiger partial charge in [-0.25, -0.2) is 15.0 Å². The van der Waals surface area contributed by atoms with Crippen molar-refractivity contribution in [1.82, 2.24) is 19.9 Å². The van der Waals surface area contributed by atoms with Crippen LogP contribution in [0.15, 0.2) is 24.5 Å². The molecule has 0 spiro atoms. The average molecular weight is 3970 g/mol. The monoisotopic (exact) mass is 3960 g/mol. The molecule has 140 heavy (non-hydrogen) atoms. The molecule has 0 unspecified atom stereocenters. The molecule has 116 heteroatoms. The summed E-state index contributed by atoms with van der Waals surface area (Å²) in [6.45, 7) is 20.6. The lowest BCUT2D eigenvalue weighted by atomic mass is 9.59. The van der Waals surface area contributed by atoms with Gasteiger partial charge in [-0.3, -0.25) is 0 Å². The van der Waals surface area contributed by atoms with Crippen LogP contribution in [0.1, 0.15) is 79.3 Å². The number of rotatable bonds is 1. The van der Waals surface area contributed by atoms with Crippen LogP contribution in [0.2, 0.25) is 0 Å². The van der Waals surface area contributed by atoms with Crippen LogP contribution >= 0.6 is 0 Å². The van der Waals surface area contributed by atoms with E-state index in [1.165, 1.54) is 28.9 Å².